The lowest BCUT2D eigenvalue weighted by atomic mass is 10.1. The van der Waals surface area contributed by atoms with E-state index in [0.717, 1.165) is 5.56 Å². The van der Waals surface area contributed by atoms with E-state index in [4.69, 9.17) is 4.52 Å². The van der Waals surface area contributed by atoms with E-state index in [-0.39, 0.29) is 18.9 Å². The van der Waals surface area contributed by atoms with E-state index < -0.39 is 5.95 Å². The van der Waals surface area contributed by atoms with Crippen LogP contribution in [0.1, 0.15) is 11.3 Å². The predicted molar refractivity (Wildman–Crippen MR) is 84.1 cm³/mol. The van der Waals surface area contributed by atoms with Crippen LogP contribution in [0.15, 0.2) is 65.2 Å². The Balaban J connectivity index is 1.76. The van der Waals surface area contributed by atoms with Crippen molar-refractivity contribution in [1.29, 1.82) is 0 Å². The van der Waals surface area contributed by atoms with Crippen LogP contribution in [-0.4, -0.2) is 23.1 Å². The summed E-state index contributed by atoms with van der Waals surface area (Å²) >= 11 is 0. The molecule has 6 heteroatoms. The highest BCUT2D eigenvalue weighted by atomic mass is 16.6. The Morgan fingerprint density at radius 1 is 1.12 bits per heavy atom. The molecular formula is C18H17N3O3. The highest BCUT2D eigenvalue weighted by Gasteiger charge is 2.23. The molecule has 0 saturated heterocycles. The monoisotopic (exact) mass is 323 g/mol. The fourth-order valence-corrected chi connectivity index (χ4v) is 2.39. The zero-order chi connectivity index (χ0) is 16.9. The zero-order valence-corrected chi connectivity index (χ0v) is 13.3. The minimum Gasteiger partial charge on any atom is -0.539 e. The van der Waals surface area contributed by atoms with Gasteiger partial charge in [-0.1, -0.05) is 48.5 Å². The Labute approximate surface area is 139 Å². The molecule has 0 aliphatic carbocycles. The number of para-hydroxylation sites is 1. The van der Waals surface area contributed by atoms with Crippen LogP contribution in [0, 0.1) is 0 Å². The predicted octanol–water partition coefficient (Wildman–Crippen LogP) is 1.23. The number of hydrogen-bond donors (Lipinski definition) is 0. The molecule has 122 valence electrons. The zero-order valence-electron chi connectivity index (χ0n) is 13.3. The number of aromatic nitrogens is 2. The van der Waals surface area contributed by atoms with E-state index in [1.807, 2.05) is 60.7 Å². The van der Waals surface area contributed by atoms with E-state index in [1.165, 1.54) is 9.58 Å². The molecule has 3 rings (SSSR count). The quantitative estimate of drug-likeness (QED) is 0.662. The Hall–Kier alpha value is -3.15. The summed E-state index contributed by atoms with van der Waals surface area (Å²) in [4.78, 5) is 13.9. The molecule has 24 heavy (non-hydrogen) atoms. The van der Waals surface area contributed by atoms with Gasteiger partial charge in [0.15, 0.2) is 5.95 Å². The van der Waals surface area contributed by atoms with Gasteiger partial charge in [-0.2, -0.15) is 0 Å². The van der Waals surface area contributed by atoms with Crippen molar-refractivity contribution in [1.82, 2.24) is 10.2 Å². The van der Waals surface area contributed by atoms with Gasteiger partial charge < -0.3 is 14.5 Å². The number of nitrogens with zero attached hydrogens (tertiary/aromatic N) is 3. The largest absolute Gasteiger partial charge is 0.539 e. The first kappa shape index (κ1) is 15.7. The van der Waals surface area contributed by atoms with Crippen molar-refractivity contribution < 1.29 is 19.1 Å². The van der Waals surface area contributed by atoms with Gasteiger partial charge in [-0.3, -0.25) is 4.79 Å². The van der Waals surface area contributed by atoms with E-state index >= 15 is 0 Å². The number of carbonyl (C=O) groups is 1. The number of amides is 1. The van der Waals surface area contributed by atoms with Gasteiger partial charge in [0, 0.05) is 19.2 Å². The Morgan fingerprint density at radius 3 is 2.42 bits per heavy atom. The normalized spacial score (nSPS) is 10.5. The Bertz CT molecular complexity index is 816. The van der Waals surface area contributed by atoms with Crippen molar-refractivity contribution in [3.8, 4) is 11.6 Å². The topological polar surface area (TPSA) is 73.3 Å². The number of likely N-dealkylation sites (N-methyl/N-ethyl adjacent to an activating group) is 1. The molecule has 0 bridgehead atoms. The molecule has 0 unspecified atom stereocenters. The van der Waals surface area contributed by atoms with Crippen LogP contribution < -0.4 is 9.79 Å². The lowest BCUT2D eigenvalue weighted by Gasteiger charge is -2.15. The van der Waals surface area contributed by atoms with Gasteiger partial charge in [0.25, 0.3) is 5.69 Å². The number of benzene rings is 2. The minimum absolute atomic E-state index is 0.0820. The van der Waals surface area contributed by atoms with Crippen LogP contribution in [0.5, 0.6) is 5.95 Å². The molecule has 1 amide bonds. The Kier molecular flexibility index (Phi) is 4.56. The van der Waals surface area contributed by atoms with E-state index in [2.05, 4.69) is 5.27 Å². The molecule has 3 aromatic rings. The lowest BCUT2D eigenvalue weighted by Crippen LogP contribution is -2.40. The molecular weight excluding hydrogens is 306 g/mol. The maximum atomic E-state index is 12.4. The molecule has 0 spiro atoms. The van der Waals surface area contributed by atoms with Gasteiger partial charge in [0.1, 0.15) is 6.54 Å². The molecule has 0 aliphatic rings. The van der Waals surface area contributed by atoms with Crippen LogP contribution in [0.2, 0.25) is 0 Å². The summed E-state index contributed by atoms with van der Waals surface area (Å²) in [7, 11) is 1.66. The summed E-state index contributed by atoms with van der Waals surface area (Å²) in [6.45, 7) is 0.128. The third-order valence-corrected chi connectivity index (χ3v) is 3.71. The summed E-state index contributed by atoms with van der Waals surface area (Å²) in [6.07, 6.45) is 0.280. The number of rotatable bonds is 5. The highest BCUT2D eigenvalue weighted by molar-refractivity contribution is 5.78. The third-order valence-electron chi connectivity index (χ3n) is 3.71. The van der Waals surface area contributed by atoms with Crippen LogP contribution >= 0.6 is 0 Å². The van der Waals surface area contributed by atoms with Gasteiger partial charge in [0.2, 0.25) is 11.6 Å². The minimum atomic E-state index is -0.543. The number of hydrogen-bond acceptors (Lipinski definition) is 4. The molecule has 0 aliphatic heterocycles. The summed E-state index contributed by atoms with van der Waals surface area (Å²) in [6, 6.07) is 18.7. The molecule has 0 radical (unpaired) electrons. The maximum Gasteiger partial charge on any atom is 0.259 e. The summed E-state index contributed by atoms with van der Waals surface area (Å²) in [5.74, 6) is -0.625. The average molecular weight is 323 g/mol. The van der Waals surface area contributed by atoms with Crippen molar-refractivity contribution in [2.75, 3.05) is 7.05 Å². The molecule has 0 atom stereocenters. The van der Waals surface area contributed by atoms with Crippen molar-refractivity contribution in [2.24, 2.45) is 0 Å². The molecule has 0 saturated carbocycles. The fraction of sp³-hybridized carbons (Fsp3) is 0.167. The maximum absolute atomic E-state index is 12.4. The summed E-state index contributed by atoms with van der Waals surface area (Å²) in [5.41, 5.74) is 1.95. The standard InChI is InChI=1S/C18H17N3O3/c1-20(17(22)12-14-8-4-2-5-9-14)13-16-18(23)24-19-21(16)15-10-6-3-7-11-15/h2-11H,12-13H2,1H3. The van der Waals surface area contributed by atoms with Gasteiger partial charge in [-0.05, 0) is 10.2 Å². The highest BCUT2D eigenvalue weighted by Crippen LogP contribution is 2.13. The van der Waals surface area contributed by atoms with Crippen LogP contribution in [0.3, 0.4) is 0 Å². The summed E-state index contributed by atoms with van der Waals surface area (Å²) < 4.78 is 6.19. The Morgan fingerprint density at radius 2 is 1.75 bits per heavy atom. The SMILES string of the molecule is CN(Cc1c([O-])on[n+]1-c1ccccc1)C(=O)Cc1ccccc1. The molecule has 0 N–H and O–H groups in total. The van der Waals surface area contributed by atoms with Crippen molar-refractivity contribution in [3.05, 3.63) is 71.9 Å². The first-order valence-corrected chi connectivity index (χ1v) is 7.56. The molecule has 2 aromatic carbocycles. The average Bonchev–Trinajstić information content (AvgIpc) is 2.97. The van der Waals surface area contributed by atoms with Crippen LogP contribution in [0.4, 0.5) is 0 Å². The smallest absolute Gasteiger partial charge is 0.259 e. The lowest BCUT2D eigenvalue weighted by molar-refractivity contribution is -0.678. The molecule has 6 nitrogen and oxygen atoms in total. The van der Waals surface area contributed by atoms with E-state index in [9.17, 15) is 9.90 Å². The van der Waals surface area contributed by atoms with Gasteiger partial charge >= 0.3 is 0 Å². The van der Waals surface area contributed by atoms with Gasteiger partial charge in [0.05, 0.1) is 11.7 Å². The van der Waals surface area contributed by atoms with Crippen molar-refractivity contribution in [3.63, 3.8) is 0 Å². The van der Waals surface area contributed by atoms with E-state index in [1.54, 1.807) is 7.05 Å². The van der Waals surface area contributed by atoms with Gasteiger partial charge in [-0.15, -0.1) is 0 Å². The van der Waals surface area contributed by atoms with Crippen LogP contribution in [0.25, 0.3) is 5.69 Å². The third kappa shape index (κ3) is 3.43. The number of carbonyl (C=O) groups excluding carboxylic acids is 1. The van der Waals surface area contributed by atoms with Gasteiger partial charge in [-0.25, -0.2) is 0 Å². The second-order valence-electron chi connectivity index (χ2n) is 5.47. The van der Waals surface area contributed by atoms with Crippen molar-refractivity contribution >= 4 is 5.91 Å². The van der Waals surface area contributed by atoms with E-state index in [0.29, 0.717) is 11.4 Å². The van der Waals surface area contributed by atoms with Crippen molar-refractivity contribution in [2.45, 2.75) is 13.0 Å². The molecule has 1 aromatic heterocycles. The summed E-state index contributed by atoms with van der Waals surface area (Å²) in [5, 5.41) is 15.7. The molecule has 0 fully saturated rings. The second kappa shape index (κ2) is 6.95. The second-order valence-corrected chi connectivity index (χ2v) is 5.47. The van der Waals surface area contributed by atoms with Crippen LogP contribution in [-0.2, 0) is 17.8 Å². The fourth-order valence-electron chi connectivity index (χ4n) is 2.39. The first-order chi connectivity index (χ1) is 11.6. The molecule has 1 heterocycles. The first-order valence-electron chi connectivity index (χ1n) is 7.56.